The molecule has 1 heterocycles. The van der Waals surface area contributed by atoms with Crippen LogP contribution >= 0.6 is 0 Å². The molecule has 2 aromatic rings. The molecule has 7 nitrogen and oxygen atoms in total. The standard InChI is InChI=1S/C21H21NO6/c1-11-7-15(17(24)14-5-3-13(9-22)4-6-14)8-12(2)20(11)28-21-19(26)18(25)16(23)10-27-21/h3-8,16,18-19,21,23,25-26H,10H2,1-2H3/t16-,18+,19+,21-/m1/s1. The highest BCUT2D eigenvalue weighted by molar-refractivity contribution is 6.09. The number of aryl methyl sites for hydroxylation is 2. The maximum absolute atomic E-state index is 12.7. The lowest BCUT2D eigenvalue weighted by molar-refractivity contribution is -0.242. The average molecular weight is 383 g/mol. The van der Waals surface area contributed by atoms with E-state index in [0.29, 0.717) is 33.6 Å². The summed E-state index contributed by atoms with van der Waals surface area (Å²) in [5, 5.41) is 38.2. The molecular weight excluding hydrogens is 362 g/mol. The van der Waals surface area contributed by atoms with Gasteiger partial charge in [-0.3, -0.25) is 4.79 Å². The molecule has 0 radical (unpaired) electrons. The molecule has 1 fully saturated rings. The highest BCUT2D eigenvalue weighted by Crippen LogP contribution is 2.29. The van der Waals surface area contributed by atoms with Gasteiger partial charge in [0.05, 0.1) is 18.2 Å². The Bertz CT molecular complexity index is 894. The Labute approximate surface area is 162 Å². The summed E-state index contributed by atoms with van der Waals surface area (Å²) < 4.78 is 11.0. The Morgan fingerprint density at radius 2 is 1.68 bits per heavy atom. The second-order valence-electron chi connectivity index (χ2n) is 6.83. The third-order valence-corrected chi connectivity index (χ3v) is 4.69. The fraction of sp³-hybridized carbons (Fsp3) is 0.333. The van der Waals surface area contributed by atoms with Gasteiger partial charge in [-0.25, -0.2) is 0 Å². The van der Waals surface area contributed by atoms with Crippen LogP contribution in [0.5, 0.6) is 5.75 Å². The van der Waals surface area contributed by atoms with Crippen molar-refractivity contribution in [2.75, 3.05) is 6.61 Å². The normalized spacial score (nSPS) is 24.4. The van der Waals surface area contributed by atoms with Gasteiger partial charge in [0.15, 0.2) is 5.78 Å². The number of ketones is 1. The van der Waals surface area contributed by atoms with Crippen molar-refractivity contribution in [3.8, 4) is 11.8 Å². The van der Waals surface area contributed by atoms with E-state index >= 15 is 0 Å². The van der Waals surface area contributed by atoms with Gasteiger partial charge in [0.1, 0.15) is 24.1 Å². The molecule has 146 valence electrons. The number of nitrogens with zero attached hydrogens (tertiary/aromatic N) is 1. The first-order valence-corrected chi connectivity index (χ1v) is 8.80. The molecule has 0 spiro atoms. The van der Waals surface area contributed by atoms with Crippen molar-refractivity contribution in [2.24, 2.45) is 0 Å². The SMILES string of the molecule is Cc1cc(C(=O)c2ccc(C#N)cc2)cc(C)c1O[C@H]1OC[C@@H](O)[C@H](O)[C@@H]1O. The molecule has 1 aliphatic heterocycles. The Morgan fingerprint density at radius 3 is 2.25 bits per heavy atom. The summed E-state index contributed by atoms with van der Waals surface area (Å²) in [4.78, 5) is 12.7. The van der Waals surface area contributed by atoms with Crippen molar-refractivity contribution >= 4 is 5.78 Å². The molecule has 3 rings (SSSR count). The van der Waals surface area contributed by atoms with E-state index in [1.807, 2.05) is 6.07 Å². The topological polar surface area (TPSA) is 120 Å². The molecule has 0 unspecified atom stereocenters. The fourth-order valence-electron chi connectivity index (χ4n) is 3.13. The number of aliphatic hydroxyl groups excluding tert-OH is 3. The second kappa shape index (κ2) is 8.09. The summed E-state index contributed by atoms with van der Waals surface area (Å²) in [6.07, 6.45) is -5.07. The zero-order chi connectivity index (χ0) is 20.4. The van der Waals surface area contributed by atoms with Crippen LogP contribution in [0.15, 0.2) is 36.4 Å². The van der Waals surface area contributed by atoms with Crippen LogP contribution in [-0.2, 0) is 4.74 Å². The van der Waals surface area contributed by atoms with Gasteiger partial charge in [-0.2, -0.15) is 5.26 Å². The minimum Gasteiger partial charge on any atom is -0.461 e. The van der Waals surface area contributed by atoms with Crippen molar-refractivity contribution in [1.29, 1.82) is 5.26 Å². The highest BCUT2D eigenvalue weighted by Gasteiger charge is 2.39. The lowest BCUT2D eigenvalue weighted by Crippen LogP contribution is -2.54. The minimum atomic E-state index is -1.40. The molecule has 0 amide bonds. The third-order valence-electron chi connectivity index (χ3n) is 4.69. The molecule has 0 bridgehead atoms. The van der Waals surface area contributed by atoms with Crippen LogP contribution < -0.4 is 4.74 Å². The summed E-state index contributed by atoms with van der Waals surface area (Å²) >= 11 is 0. The number of aliphatic hydroxyl groups is 3. The number of hydrogen-bond acceptors (Lipinski definition) is 7. The molecule has 0 saturated carbocycles. The van der Waals surface area contributed by atoms with E-state index in [2.05, 4.69) is 0 Å². The van der Waals surface area contributed by atoms with Gasteiger partial charge in [0.2, 0.25) is 6.29 Å². The van der Waals surface area contributed by atoms with E-state index in [1.54, 1.807) is 50.2 Å². The highest BCUT2D eigenvalue weighted by atomic mass is 16.7. The quantitative estimate of drug-likeness (QED) is 0.679. The summed E-state index contributed by atoms with van der Waals surface area (Å²) in [6, 6.07) is 11.7. The van der Waals surface area contributed by atoms with Crippen LogP contribution in [0.2, 0.25) is 0 Å². The molecule has 28 heavy (non-hydrogen) atoms. The maximum Gasteiger partial charge on any atom is 0.228 e. The van der Waals surface area contributed by atoms with Gasteiger partial charge in [-0.05, 0) is 61.4 Å². The Balaban J connectivity index is 1.82. The first kappa shape index (κ1) is 20.0. The predicted octanol–water partition coefficient (Wildman–Crippen LogP) is 1.22. The predicted molar refractivity (Wildman–Crippen MR) is 98.9 cm³/mol. The number of carbonyl (C=O) groups is 1. The van der Waals surface area contributed by atoms with Crippen LogP contribution in [-0.4, -0.2) is 52.3 Å². The van der Waals surface area contributed by atoms with Gasteiger partial charge in [-0.15, -0.1) is 0 Å². The summed E-state index contributed by atoms with van der Waals surface area (Å²) in [5.74, 6) is 0.249. The maximum atomic E-state index is 12.7. The van der Waals surface area contributed by atoms with Crippen molar-refractivity contribution in [1.82, 2.24) is 0 Å². The van der Waals surface area contributed by atoms with E-state index in [9.17, 15) is 20.1 Å². The smallest absolute Gasteiger partial charge is 0.228 e. The van der Waals surface area contributed by atoms with Gasteiger partial charge < -0.3 is 24.8 Å². The van der Waals surface area contributed by atoms with E-state index in [0.717, 1.165) is 0 Å². The van der Waals surface area contributed by atoms with E-state index < -0.39 is 24.6 Å². The van der Waals surface area contributed by atoms with Gasteiger partial charge in [0.25, 0.3) is 0 Å². The molecule has 2 aromatic carbocycles. The van der Waals surface area contributed by atoms with Crippen LogP contribution in [0.1, 0.15) is 32.6 Å². The van der Waals surface area contributed by atoms with Crippen molar-refractivity contribution in [2.45, 2.75) is 38.4 Å². The van der Waals surface area contributed by atoms with Crippen LogP contribution in [0.4, 0.5) is 0 Å². The van der Waals surface area contributed by atoms with Gasteiger partial charge in [-0.1, -0.05) is 0 Å². The molecular formula is C21H21NO6. The summed E-state index contributed by atoms with van der Waals surface area (Å²) in [5.41, 5.74) is 2.73. The number of carbonyl (C=O) groups excluding carboxylic acids is 1. The fourth-order valence-corrected chi connectivity index (χ4v) is 3.13. The van der Waals surface area contributed by atoms with E-state index in [4.69, 9.17) is 14.7 Å². The number of nitriles is 1. The molecule has 1 aliphatic rings. The Morgan fingerprint density at radius 1 is 1.07 bits per heavy atom. The van der Waals surface area contributed by atoms with E-state index in [-0.39, 0.29) is 12.4 Å². The summed E-state index contributed by atoms with van der Waals surface area (Å²) in [7, 11) is 0. The van der Waals surface area contributed by atoms with Crippen LogP contribution in [0, 0.1) is 25.2 Å². The second-order valence-corrected chi connectivity index (χ2v) is 6.83. The molecule has 1 saturated heterocycles. The molecule has 4 atom stereocenters. The zero-order valence-electron chi connectivity index (χ0n) is 15.5. The third kappa shape index (κ3) is 3.91. The number of hydrogen-bond donors (Lipinski definition) is 3. The molecule has 0 aromatic heterocycles. The Kier molecular flexibility index (Phi) is 5.77. The van der Waals surface area contributed by atoms with Crippen LogP contribution in [0.25, 0.3) is 0 Å². The van der Waals surface area contributed by atoms with Crippen LogP contribution in [0.3, 0.4) is 0 Å². The average Bonchev–Trinajstić information content (AvgIpc) is 2.69. The molecule has 3 N–H and O–H groups in total. The van der Waals surface area contributed by atoms with Crippen molar-refractivity contribution in [3.63, 3.8) is 0 Å². The number of ether oxygens (including phenoxy) is 2. The number of rotatable bonds is 4. The van der Waals surface area contributed by atoms with Crippen molar-refractivity contribution in [3.05, 3.63) is 64.2 Å². The summed E-state index contributed by atoms with van der Waals surface area (Å²) in [6.45, 7) is 3.37. The van der Waals surface area contributed by atoms with Gasteiger partial charge in [0, 0.05) is 11.1 Å². The zero-order valence-corrected chi connectivity index (χ0v) is 15.5. The lowest BCUT2D eigenvalue weighted by atomic mass is 9.98. The van der Waals surface area contributed by atoms with Gasteiger partial charge >= 0.3 is 0 Å². The molecule has 7 heteroatoms. The monoisotopic (exact) mass is 383 g/mol. The van der Waals surface area contributed by atoms with E-state index in [1.165, 1.54) is 0 Å². The lowest BCUT2D eigenvalue weighted by Gasteiger charge is -2.35. The largest absolute Gasteiger partial charge is 0.461 e. The first-order chi connectivity index (χ1) is 13.3. The molecule has 0 aliphatic carbocycles. The first-order valence-electron chi connectivity index (χ1n) is 8.80. The van der Waals surface area contributed by atoms with Crippen molar-refractivity contribution < 1.29 is 29.6 Å². The minimum absolute atomic E-state index is 0.156. The Hall–Kier alpha value is -2.76. The number of benzene rings is 2.